The van der Waals surface area contributed by atoms with Crippen molar-refractivity contribution in [1.82, 2.24) is 10.2 Å². The van der Waals surface area contributed by atoms with Crippen molar-refractivity contribution in [2.75, 3.05) is 45.9 Å². The van der Waals surface area contributed by atoms with Gasteiger partial charge in [-0.15, -0.1) is 35.7 Å². The molecule has 1 aliphatic rings. The Morgan fingerprint density at radius 2 is 1.88 bits per heavy atom. The fourth-order valence-corrected chi connectivity index (χ4v) is 4.12. The SMILES string of the molecule is CCNC(=NCC1(SC)CCOCC1)N(C)Cc1ccc(SC)cc1.I. The number of hydrogen-bond acceptors (Lipinski definition) is 4. The lowest BCUT2D eigenvalue weighted by Gasteiger charge is -2.34. The quantitative estimate of drug-likeness (QED) is 0.256. The van der Waals surface area contributed by atoms with Gasteiger partial charge in [0.05, 0.1) is 6.54 Å². The predicted molar refractivity (Wildman–Crippen MR) is 127 cm³/mol. The lowest BCUT2D eigenvalue weighted by atomic mass is 9.99. The summed E-state index contributed by atoms with van der Waals surface area (Å²) in [6, 6.07) is 8.77. The van der Waals surface area contributed by atoms with E-state index < -0.39 is 0 Å². The van der Waals surface area contributed by atoms with Crippen LogP contribution in [0.1, 0.15) is 25.3 Å². The van der Waals surface area contributed by atoms with E-state index in [9.17, 15) is 0 Å². The summed E-state index contributed by atoms with van der Waals surface area (Å²) in [7, 11) is 2.11. The Labute approximate surface area is 184 Å². The molecule has 2 rings (SSSR count). The minimum atomic E-state index is 0. The first-order valence-electron chi connectivity index (χ1n) is 8.88. The number of nitrogens with zero attached hydrogens (tertiary/aromatic N) is 2. The molecule has 148 valence electrons. The highest BCUT2D eigenvalue weighted by atomic mass is 127. The van der Waals surface area contributed by atoms with E-state index in [-0.39, 0.29) is 28.7 Å². The molecular formula is C19H32IN3OS2. The first kappa shape index (κ1) is 23.9. The number of aliphatic imine (C=N–C) groups is 1. The summed E-state index contributed by atoms with van der Waals surface area (Å²) in [6.45, 7) is 6.40. The Balaban J connectivity index is 0.00000338. The van der Waals surface area contributed by atoms with E-state index in [0.717, 1.165) is 51.6 Å². The molecule has 0 aliphatic carbocycles. The second-order valence-electron chi connectivity index (χ2n) is 6.37. The third kappa shape index (κ3) is 7.13. The van der Waals surface area contributed by atoms with Gasteiger partial charge in [-0.1, -0.05) is 12.1 Å². The van der Waals surface area contributed by atoms with Crippen molar-refractivity contribution < 1.29 is 4.74 Å². The molecule has 1 aromatic carbocycles. The van der Waals surface area contributed by atoms with Gasteiger partial charge in [0.25, 0.3) is 0 Å². The normalized spacial score (nSPS) is 16.7. The standard InChI is InChI=1S/C19H31N3OS2.HI/c1-5-20-18(21-15-19(25-4)10-12-23-13-11-19)22(2)14-16-6-8-17(24-3)9-7-16;/h6-9H,5,10-15H2,1-4H3,(H,20,21);1H. The third-order valence-corrected chi connectivity index (χ3v) is 6.78. The lowest BCUT2D eigenvalue weighted by Crippen LogP contribution is -2.41. The monoisotopic (exact) mass is 509 g/mol. The summed E-state index contributed by atoms with van der Waals surface area (Å²) < 4.78 is 5.76. The Bertz CT molecular complexity index is 548. The Kier molecular flexibility index (Phi) is 11.4. The van der Waals surface area contributed by atoms with Crippen LogP contribution in [0.4, 0.5) is 0 Å². The predicted octanol–water partition coefficient (Wildman–Crippen LogP) is 4.34. The van der Waals surface area contributed by atoms with Crippen molar-refractivity contribution in [1.29, 1.82) is 0 Å². The fourth-order valence-electron chi connectivity index (χ4n) is 2.94. The molecule has 26 heavy (non-hydrogen) atoms. The van der Waals surface area contributed by atoms with Crippen molar-refractivity contribution >= 4 is 53.5 Å². The van der Waals surface area contributed by atoms with Crippen LogP contribution >= 0.6 is 47.5 Å². The highest BCUT2D eigenvalue weighted by molar-refractivity contribution is 14.0. The van der Waals surface area contributed by atoms with Crippen LogP contribution < -0.4 is 5.32 Å². The number of benzene rings is 1. The molecule has 0 spiro atoms. The zero-order valence-electron chi connectivity index (χ0n) is 16.3. The van der Waals surface area contributed by atoms with Gasteiger partial charge >= 0.3 is 0 Å². The van der Waals surface area contributed by atoms with Crippen LogP contribution in [0.25, 0.3) is 0 Å². The van der Waals surface area contributed by atoms with Crippen molar-refractivity contribution in [2.24, 2.45) is 4.99 Å². The molecule has 1 N–H and O–H groups in total. The Morgan fingerprint density at radius 1 is 1.23 bits per heavy atom. The van der Waals surface area contributed by atoms with Gasteiger partial charge in [0, 0.05) is 43.0 Å². The molecule has 0 radical (unpaired) electrons. The molecule has 0 saturated carbocycles. The van der Waals surface area contributed by atoms with Crippen LogP contribution in [0, 0.1) is 0 Å². The molecule has 0 bridgehead atoms. The average molecular weight is 510 g/mol. The highest BCUT2D eigenvalue weighted by Gasteiger charge is 2.31. The van der Waals surface area contributed by atoms with Gasteiger partial charge in [-0.05, 0) is 50.0 Å². The molecule has 1 heterocycles. The van der Waals surface area contributed by atoms with Crippen molar-refractivity contribution in [2.45, 2.75) is 36.0 Å². The summed E-state index contributed by atoms with van der Waals surface area (Å²) >= 11 is 3.71. The molecule has 0 atom stereocenters. The second-order valence-corrected chi connectivity index (χ2v) is 8.53. The minimum Gasteiger partial charge on any atom is -0.381 e. The molecule has 1 aromatic rings. The zero-order chi connectivity index (χ0) is 18.1. The first-order chi connectivity index (χ1) is 12.1. The molecule has 0 amide bonds. The van der Waals surface area contributed by atoms with Crippen molar-refractivity contribution in [3.63, 3.8) is 0 Å². The van der Waals surface area contributed by atoms with Crippen LogP contribution in [0.5, 0.6) is 0 Å². The maximum atomic E-state index is 5.54. The number of hydrogen-bond donors (Lipinski definition) is 1. The molecule has 0 unspecified atom stereocenters. The largest absolute Gasteiger partial charge is 0.381 e. The van der Waals surface area contributed by atoms with Gasteiger partial charge in [0.2, 0.25) is 0 Å². The number of ether oxygens (including phenoxy) is 1. The summed E-state index contributed by atoms with van der Waals surface area (Å²) in [4.78, 5) is 8.47. The summed E-state index contributed by atoms with van der Waals surface area (Å²) in [5, 5.41) is 3.44. The number of guanidine groups is 1. The van der Waals surface area contributed by atoms with Crippen LogP contribution in [0.15, 0.2) is 34.2 Å². The van der Waals surface area contributed by atoms with Gasteiger partial charge in [0.15, 0.2) is 5.96 Å². The smallest absolute Gasteiger partial charge is 0.194 e. The number of halogens is 1. The summed E-state index contributed by atoms with van der Waals surface area (Å²) in [5.41, 5.74) is 1.30. The van der Waals surface area contributed by atoms with Crippen molar-refractivity contribution in [3.05, 3.63) is 29.8 Å². The topological polar surface area (TPSA) is 36.9 Å². The Hall–Kier alpha value is -0.120. The third-order valence-electron chi connectivity index (χ3n) is 4.63. The summed E-state index contributed by atoms with van der Waals surface area (Å²) in [6.07, 6.45) is 6.47. The van der Waals surface area contributed by atoms with Crippen LogP contribution in [-0.4, -0.2) is 61.5 Å². The molecule has 7 heteroatoms. The van der Waals surface area contributed by atoms with E-state index in [1.807, 2.05) is 11.8 Å². The van der Waals surface area contributed by atoms with E-state index >= 15 is 0 Å². The first-order valence-corrected chi connectivity index (χ1v) is 11.3. The van der Waals surface area contributed by atoms with Gasteiger partial charge in [-0.25, -0.2) is 0 Å². The Morgan fingerprint density at radius 3 is 2.42 bits per heavy atom. The molecule has 1 fully saturated rings. The summed E-state index contributed by atoms with van der Waals surface area (Å²) in [5.74, 6) is 0.983. The van der Waals surface area contributed by atoms with Gasteiger partial charge < -0.3 is 15.0 Å². The average Bonchev–Trinajstić information content (AvgIpc) is 2.66. The van der Waals surface area contributed by atoms with E-state index in [1.165, 1.54) is 10.5 Å². The fraction of sp³-hybridized carbons (Fsp3) is 0.632. The minimum absolute atomic E-state index is 0. The van der Waals surface area contributed by atoms with Gasteiger partial charge in [0.1, 0.15) is 0 Å². The van der Waals surface area contributed by atoms with E-state index in [4.69, 9.17) is 9.73 Å². The van der Waals surface area contributed by atoms with E-state index in [2.05, 4.69) is 61.0 Å². The molecule has 4 nitrogen and oxygen atoms in total. The zero-order valence-corrected chi connectivity index (χ0v) is 20.2. The highest BCUT2D eigenvalue weighted by Crippen LogP contribution is 2.34. The van der Waals surface area contributed by atoms with Crippen LogP contribution in [0.2, 0.25) is 0 Å². The van der Waals surface area contributed by atoms with Crippen molar-refractivity contribution in [3.8, 4) is 0 Å². The second kappa shape index (κ2) is 12.4. The van der Waals surface area contributed by atoms with E-state index in [0.29, 0.717) is 0 Å². The van der Waals surface area contributed by atoms with E-state index in [1.54, 1.807) is 11.8 Å². The molecular weight excluding hydrogens is 477 g/mol. The van der Waals surface area contributed by atoms with Gasteiger partial charge in [-0.3, -0.25) is 4.99 Å². The molecule has 1 aliphatic heterocycles. The molecule has 0 aromatic heterocycles. The van der Waals surface area contributed by atoms with Crippen LogP contribution in [0.3, 0.4) is 0 Å². The van der Waals surface area contributed by atoms with Gasteiger partial charge in [-0.2, -0.15) is 11.8 Å². The number of nitrogens with one attached hydrogen (secondary N) is 1. The lowest BCUT2D eigenvalue weighted by molar-refractivity contribution is 0.0793. The maximum Gasteiger partial charge on any atom is 0.194 e. The van der Waals surface area contributed by atoms with Crippen LogP contribution in [-0.2, 0) is 11.3 Å². The number of thioether (sulfide) groups is 2. The molecule has 1 saturated heterocycles. The number of rotatable bonds is 7. The maximum absolute atomic E-state index is 5.54.